The Bertz CT molecular complexity index is 922. The van der Waals surface area contributed by atoms with E-state index in [-0.39, 0.29) is 11.5 Å². The molecule has 0 bridgehead atoms. The van der Waals surface area contributed by atoms with Crippen LogP contribution in [0, 0.1) is 0 Å². The molecular formula is C21H25F3N6O. The lowest BCUT2D eigenvalue weighted by atomic mass is 9.89. The minimum atomic E-state index is -4.15. The number of aromatic nitrogens is 2. The summed E-state index contributed by atoms with van der Waals surface area (Å²) in [5.74, 6) is 0.440. The summed E-state index contributed by atoms with van der Waals surface area (Å²) in [6.45, 7) is 0.0523. The van der Waals surface area contributed by atoms with Gasteiger partial charge >= 0.3 is 6.18 Å². The van der Waals surface area contributed by atoms with Crippen LogP contribution >= 0.6 is 0 Å². The number of nitrogens with one attached hydrogen (secondary N) is 2. The van der Waals surface area contributed by atoms with Crippen LogP contribution in [0.4, 0.5) is 30.6 Å². The van der Waals surface area contributed by atoms with E-state index in [1.54, 1.807) is 0 Å². The number of hydrogen-bond donors (Lipinski definition) is 3. The standard InChI is InChI=1S/C21H25F3N6O/c22-21(23,24)12-30-9-7-14(8-10-30)13-1-3-16(4-2-13)28-20-26-11-17(18(25)31)19(29-20)27-15-5-6-15/h1-4,11,14-15H,5-10,12H2,(H2,25,31)(H2,26,27,28,29). The zero-order chi connectivity index (χ0) is 22.0. The highest BCUT2D eigenvalue weighted by Gasteiger charge is 2.32. The molecule has 1 aromatic carbocycles. The van der Waals surface area contributed by atoms with Crippen LogP contribution in [0.2, 0.25) is 0 Å². The highest BCUT2D eigenvalue weighted by Crippen LogP contribution is 2.31. The molecule has 2 fully saturated rings. The summed E-state index contributed by atoms with van der Waals surface area (Å²) in [6, 6.07) is 8.07. The van der Waals surface area contributed by atoms with E-state index in [1.165, 1.54) is 11.1 Å². The summed E-state index contributed by atoms with van der Waals surface area (Å²) >= 11 is 0. The molecule has 2 heterocycles. The number of anilines is 3. The van der Waals surface area contributed by atoms with E-state index in [0.717, 1.165) is 24.1 Å². The summed E-state index contributed by atoms with van der Waals surface area (Å²) in [4.78, 5) is 21.6. The molecule has 2 aliphatic rings. The number of carbonyl (C=O) groups is 1. The van der Waals surface area contributed by atoms with Gasteiger partial charge < -0.3 is 16.4 Å². The first-order valence-electron chi connectivity index (χ1n) is 10.4. The Morgan fingerprint density at radius 3 is 2.39 bits per heavy atom. The lowest BCUT2D eigenvalue weighted by molar-refractivity contribution is -0.147. The van der Waals surface area contributed by atoms with Crippen molar-refractivity contribution in [1.82, 2.24) is 14.9 Å². The number of piperidine rings is 1. The SMILES string of the molecule is NC(=O)c1cnc(Nc2ccc(C3CCN(CC(F)(F)F)CC3)cc2)nc1NC1CC1. The van der Waals surface area contributed by atoms with Crippen LogP contribution in [-0.2, 0) is 0 Å². The molecule has 166 valence electrons. The first-order valence-corrected chi connectivity index (χ1v) is 10.4. The molecule has 0 unspecified atom stereocenters. The van der Waals surface area contributed by atoms with Crippen LogP contribution in [0.5, 0.6) is 0 Å². The molecule has 4 rings (SSSR count). The van der Waals surface area contributed by atoms with Crippen LogP contribution < -0.4 is 16.4 Å². The van der Waals surface area contributed by atoms with Crippen LogP contribution in [0.25, 0.3) is 0 Å². The number of halogens is 3. The Balaban J connectivity index is 1.37. The zero-order valence-corrected chi connectivity index (χ0v) is 17.0. The number of likely N-dealkylation sites (tertiary alicyclic amines) is 1. The van der Waals surface area contributed by atoms with Crippen molar-refractivity contribution in [2.45, 2.75) is 43.8 Å². The summed E-state index contributed by atoms with van der Waals surface area (Å²) in [7, 11) is 0. The third-order valence-electron chi connectivity index (χ3n) is 5.60. The topological polar surface area (TPSA) is 96.2 Å². The number of hydrogen-bond acceptors (Lipinski definition) is 6. The van der Waals surface area contributed by atoms with Gasteiger partial charge in [-0.1, -0.05) is 12.1 Å². The van der Waals surface area contributed by atoms with Crippen molar-refractivity contribution in [3.05, 3.63) is 41.6 Å². The van der Waals surface area contributed by atoms with Crippen molar-refractivity contribution in [1.29, 1.82) is 0 Å². The van der Waals surface area contributed by atoms with Crippen molar-refractivity contribution in [2.75, 3.05) is 30.3 Å². The van der Waals surface area contributed by atoms with Crippen molar-refractivity contribution in [3.63, 3.8) is 0 Å². The summed E-state index contributed by atoms with van der Waals surface area (Å²) in [5, 5.41) is 6.31. The molecule has 1 aromatic heterocycles. The maximum Gasteiger partial charge on any atom is 0.401 e. The van der Waals surface area contributed by atoms with E-state index in [1.807, 2.05) is 24.3 Å². The van der Waals surface area contributed by atoms with Gasteiger partial charge in [-0.3, -0.25) is 9.69 Å². The Hall–Kier alpha value is -2.88. The lowest BCUT2D eigenvalue weighted by Crippen LogP contribution is -2.39. The van der Waals surface area contributed by atoms with Crippen LogP contribution in [0.1, 0.15) is 47.5 Å². The minimum Gasteiger partial charge on any atom is -0.367 e. The Kier molecular flexibility index (Phi) is 5.99. The van der Waals surface area contributed by atoms with E-state index in [9.17, 15) is 18.0 Å². The van der Waals surface area contributed by atoms with Gasteiger partial charge in [0.2, 0.25) is 5.95 Å². The highest BCUT2D eigenvalue weighted by atomic mass is 19.4. The molecule has 0 atom stereocenters. The van der Waals surface area contributed by atoms with Gasteiger partial charge in [0.25, 0.3) is 5.91 Å². The number of primary amides is 1. The van der Waals surface area contributed by atoms with Gasteiger partial charge in [-0.25, -0.2) is 4.98 Å². The zero-order valence-electron chi connectivity index (χ0n) is 17.0. The average Bonchev–Trinajstić information content (AvgIpc) is 3.52. The molecule has 31 heavy (non-hydrogen) atoms. The molecule has 1 saturated carbocycles. The van der Waals surface area contributed by atoms with Crippen molar-refractivity contribution < 1.29 is 18.0 Å². The van der Waals surface area contributed by atoms with Gasteiger partial charge in [0.05, 0.1) is 12.1 Å². The van der Waals surface area contributed by atoms with E-state index < -0.39 is 18.6 Å². The molecule has 0 spiro atoms. The Labute approximate surface area is 178 Å². The summed E-state index contributed by atoms with van der Waals surface area (Å²) in [5.41, 5.74) is 7.55. The molecule has 0 radical (unpaired) electrons. The number of nitrogens with two attached hydrogens (primary N) is 1. The van der Waals surface area contributed by atoms with Gasteiger partial charge in [0, 0.05) is 17.9 Å². The third kappa shape index (κ3) is 5.84. The van der Waals surface area contributed by atoms with Gasteiger partial charge in [-0.15, -0.1) is 0 Å². The largest absolute Gasteiger partial charge is 0.401 e. The number of amides is 1. The average molecular weight is 434 g/mol. The minimum absolute atomic E-state index is 0.249. The maximum atomic E-state index is 12.5. The molecule has 1 aliphatic carbocycles. The molecule has 2 aromatic rings. The molecule has 1 aliphatic heterocycles. The normalized spacial score (nSPS) is 18.0. The van der Waals surface area contributed by atoms with E-state index in [0.29, 0.717) is 43.7 Å². The van der Waals surface area contributed by atoms with Gasteiger partial charge in [0.1, 0.15) is 5.82 Å². The fraction of sp³-hybridized carbons (Fsp3) is 0.476. The molecule has 4 N–H and O–H groups in total. The van der Waals surface area contributed by atoms with Crippen molar-refractivity contribution in [2.24, 2.45) is 5.73 Å². The number of rotatable bonds is 7. The summed E-state index contributed by atoms with van der Waals surface area (Å²) < 4.78 is 37.6. The second-order valence-electron chi connectivity index (χ2n) is 8.15. The predicted octanol–water partition coefficient (Wildman–Crippen LogP) is 3.64. The fourth-order valence-electron chi connectivity index (χ4n) is 3.80. The smallest absolute Gasteiger partial charge is 0.367 e. The summed E-state index contributed by atoms with van der Waals surface area (Å²) in [6.07, 6.45) is 0.730. The van der Waals surface area contributed by atoms with Crippen LogP contribution in [-0.4, -0.2) is 52.6 Å². The Morgan fingerprint density at radius 2 is 1.81 bits per heavy atom. The lowest BCUT2D eigenvalue weighted by Gasteiger charge is -2.32. The first kappa shape index (κ1) is 21.4. The first-order chi connectivity index (χ1) is 14.8. The van der Waals surface area contributed by atoms with E-state index >= 15 is 0 Å². The second-order valence-corrected chi connectivity index (χ2v) is 8.15. The highest BCUT2D eigenvalue weighted by molar-refractivity contribution is 5.97. The molecule has 1 amide bonds. The Morgan fingerprint density at radius 1 is 1.13 bits per heavy atom. The number of nitrogens with zero attached hydrogens (tertiary/aromatic N) is 3. The van der Waals surface area contributed by atoms with E-state index in [2.05, 4.69) is 20.6 Å². The molecule has 1 saturated heterocycles. The van der Waals surface area contributed by atoms with Gasteiger partial charge in [-0.2, -0.15) is 18.2 Å². The van der Waals surface area contributed by atoms with Gasteiger partial charge in [0.15, 0.2) is 0 Å². The monoisotopic (exact) mass is 434 g/mol. The van der Waals surface area contributed by atoms with Crippen LogP contribution in [0.3, 0.4) is 0 Å². The maximum absolute atomic E-state index is 12.5. The third-order valence-corrected chi connectivity index (χ3v) is 5.60. The van der Waals surface area contributed by atoms with Crippen molar-refractivity contribution >= 4 is 23.4 Å². The number of benzene rings is 1. The molecular weight excluding hydrogens is 409 g/mol. The van der Waals surface area contributed by atoms with E-state index in [4.69, 9.17) is 5.73 Å². The van der Waals surface area contributed by atoms with Gasteiger partial charge in [-0.05, 0) is 62.4 Å². The second kappa shape index (κ2) is 8.70. The van der Waals surface area contributed by atoms with Crippen LogP contribution in [0.15, 0.2) is 30.5 Å². The molecule has 7 nitrogen and oxygen atoms in total. The van der Waals surface area contributed by atoms with Crippen molar-refractivity contribution in [3.8, 4) is 0 Å². The number of carbonyl (C=O) groups excluding carboxylic acids is 1. The fourth-order valence-corrected chi connectivity index (χ4v) is 3.80. The quantitative estimate of drug-likeness (QED) is 0.616. The molecule has 10 heteroatoms. The predicted molar refractivity (Wildman–Crippen MR) is 111 cm³/mol. The number of alkyl halides is 3.